The summed E-state index contributed by atoms with van der Waals surface area (Å²) in [5.74, 6) is 5.98. The fourth-order valence-corrected chi connectivity index (χ4v) is 3.83. The molecule has 5 nitrogen and oxygen atoms in total. The minimum atomic E-state index is -0.335. The number of carbonyl (C=O) groups is 1. The second-order valence-electron chi connectivity index (χ2n) is 6.71. The number of hydrogen-bond acceptors (Lipinski definition) is 4. The Morgan fingerprint density at radius 3 is 2.41 bits per heavy atom. The van der Waals surface area contributed by atoms with Gasteiger partial charge in [0.05, 0.1) is 17.1 Å². The van der Waals surface area contributed by atoms with E-state index in [4.69, 9.17) is 5.84 Å². The predicted molar refractivity (Wildman–Crippen MR) is 112 cm³/mol. The van der Waals surface area contributed by atoms with E-state index in [1.807, 2.05) is 51.1 Å². The van der Waals surface area contributed by atoms with Crippen molar-refractivity contribution in [3.05, 3.63) is 65.4 Å². The van der Waals surface area contributed by atoms with Crippen molar-refractivity contribution < 1.29 is 4.79 Å². The summed E-state index contributed by atoms with van der Waals surface area (Å²) in [6, 6.07) is 14.0. The molecule has 0 saturated carbocycles. The van der Waals surface area contributed by atoms with Gasteiger partial charge < -0.3 is 11.2 Å². The monoisotopic (exact) mass is 380 g/mol. The molecule has 1 heterocycles. The van der Waals surface area contributed by atoms with Crippen molar-refractivity contribution in [3.63, 3.8) is 0 Å². The molecule has 6 heteroatoms. The van der Waals surface area contributed by atoms with E-state index in [1.54, 1.807) is 6.20 Å². The Labute approximate surface area is 164 Å². The first-order valence-corrected chi connectivity index (χ1v) is 9.68. The van der Waals surface area contributed by atoms with Crippen LogP contribution in [0.5, 0.6) is 0 Å². The van der Waals surface area contributed by atoms with Gasteiger partial charge in [0.1, 0.15) is 0 Å². The summed E-state index contributed by atoms with van der Waals surface area (Å²) in [6.45, 7) is 7.92. The van der Waals surface area contributed by atoms with Crippen LogP contribution in [0, 0.1) is 20.8 Å². The number of rotatable bonds is 5. The number of aromatic nitrogens is 2. The Morgan fingerprint density at radius 2 is 1.78 bits per heavy atom. The fourth-order valence-electron chi connectivity index (χ4n) is 3.03. The number of hydrogen-bond donors (Lipinski definition) is 2. The second-order valence-corrected chi connectivity index (χ2v) is 8.01. The van der Waals surface area contributed by atoms with Gasteiger partial charge in [-0.05, 0) is 38.8 Å². The van der Waals surface area contributed by atoms with Gasteiger partial charge in [-0.3, -0.25) is 4.79 Å². The number of aryl methyl sites for hydroxylation is 3. The number of benzene rings is 2. The zero-order valence-corrected chi connectivity index (χ0v) is 16.8. The number of carbonyl (C=O) groups excluding carboxylic acids is 1. The summed E-state index contributed by atoms with van der Waals surface area (Å²) in [4.78, 5) is 17.3. The number of anilines is 1. The maximum atomic E-state index is 12.7. The van der Waals surface area contributed by atoms with Gasteiger partial charge in [-0.1, -0.05) is 59.8 Å². The van der Waals surface area contributed by atoms with Crippen molar-refractivity contribution in [2.75, 3.05) is 11.2 Å². The standard InChI is InChI=1S/C21H24N4OS/c1-13-10-14(2)19(15(3)11-13)24-20(26)16(4)27-21-23-18(12-25(21)22)17-8-6-5-7-9-17/h5-12,16H,22H2,1-4H3,(H,24,26)/t16-/m1/s1. The third-order valence-electron chi connectivity index (χ3n) is 4.34. The highest BCUT2D eigenvalue weighted by Gasteiger charge is 2.20. The van der Waals surface area contributed by atoms with Crippen molar-refractivity contribution in [2.45, 2.75) is 38.1 Å². The highest BCUT2D eigenvalue weighted by Crippen LogP contribution is 2.28. The van der Waals surface area contributed by atoms with Crippen molar-refractivity contribution in [2.24, 2.45) is 0 Å². The molecule has 0 aliphatic carbocycles. The Hall–Kier alpha value is -2.73. The molecule has 0 aliphatic heterocycles. The number of nitrogens with two attached hydrogens (primary N) is 1. The lowest BCUT2D eigenvalue weighted by molar-refractivity contribution is -0.115. The molecule has 0 fully saturated rings. The summed E-state index contributed by atoms with van der Waals surface area (Å²) in [5.41, 5.74) is 5.96. The number of nitrogen functional groups attached to an aromatic ring is 1. The highest BCUT2D eigenvalue weighted by molar-refractivity contribution is 8.00. The Kier molecular flexibility index (Phi) is 5.56. The van der Waals surface area contributed by atoms with Gasteiger partial charge in [-0.25, -0.2) is 9.66 Å². The van der Waals surface area contributed by atoms with Crippen LogP contribution in [0.2, 0.25) is 0 Å². The first-order valence-electron chi connectivity index (χ1n) is 8.80. The first-order chi connectivity index (χ1) is 12.8. The highest BCUT2D eigenvalue weighted by atomic mass is 32.2. The lowest BCUT2D eigenvalue weighted by atomic mass is 10.1. The molecule has 1 atom stereocenters. The van der Waals surface area contributed by atoms with Crippen LogP contribution in [0.15, 0.2) is 53.8 Å². The van der Waals surface area contributed by atoms with Crippen LogP contribution in [0.4, 0.5) is 5.69 Å². The minimum Gasteiger partial charge on any atom is -0.337 e. The maximum Gasteiger partial charge on any atom is 0.237 e. The number of nitrogens with zero attached hydrogens (tertiary/aromatic N) is 2. The maximum absolute atomic E-state index is 12.7. The van der Waals surface area contributed by atoms with E-state index in [0.29, 0.717) is 5.16 Å². The van der Waals surface area contributed by atoms with Crippen LogP contribution in [0.25, 0.3) is 11.3 Å². The SMILES string of the molecule is Cc1cc(C)c(NC(=O)[C@@H](C)Sc2nc(-c3ccccc3)cn2N)c(C)c1. The Bertz CT molecular complexity index is 943. The number of imidazole rings is 1. The smallest absolute Gasteiger partial charge is 0.237 e. The van der Waals surface area contributed by atoms with Crippen LogP contribution in [0.3, 0.4) is 0 Å². The molecule has 3 N–H and O–H groups in total. The zero-order valence-electron chi connectivity index (χ0n) is 16.0. The van der Waals surface area contributed by atoms with E-state index < -0.39 is 0 Å². The summed E-state index contributed by atoms with van der Waals surface area (Å²) in [6.07, 6.45) is 1.77. The van der Waals surface area contributed by atoms with Crippen molar-refractivity contribution in [1.82, 2.24) is 9.66 Å². The molecule has 1 aromatic heterocycles. The molecule has 0 radical (unpaired) electrons. The molecule has 3 rings (SSSR count). The summed E-state index contributed by atoms with van der Waals surface area (Å²) >= 11 is 1.34. The van der Waals surface area contributed by atoms with Gasteiger partial charge in [-0.2, -0.15) is 0 Å². The lowest BCUT2D eigenvalue weighted by Crippen LogP contribution is -2.24. The van der Waals surface area contributed by atoms with Crippen LogP contribution in [-0.2, 0) is 4.79 Å². The molecular formula is C21H24N4OS. The molecule has 1 amide bonds. The topological polar surface area (TPSA) is 72.9 Å². The molecule has 27 heavy (non-hydrogen) atoms. The van der Waals surface area contributed by atoms with Gasteiger partial charge in [0.15, 0.2) is 5.16 Å². The fraction of sp³-hybridized carbons (Fsp3) is 0.238. The van der Waals surface area contributed by atoms with Crippen molar-refractivity contribution in [3.8, 4) is 11.3 Å². The molecule has 0 bridgehead atoms. The Balaban J connectivity index is 1.73. The summed E-state index contributed by atoms with van der Waals surface area (Å²) in [5, 5.41) is 3.32. The van der Waals surface area contributed by atoms with E-state index in [-0.39, 0.29) is 11.2 Å². The molecule has 3 aromatic rings. The Morgan fingerprint density at radius 1 is 1.15 bits per heavy atom. The zero-order chi connectivity index (χ0) is 19.6. The first kappa shape index (κ1) is 19.0. The molecule has 0 spiro atoms. The lowest BCUT2D eigenvalue weighted by Gasteiger charge is -2.16. The average Bonchev–Trinajstić information content (AvgIpc) is 2.99. The predicted octanol–water partition coefficient (Wildman–Crippen LogP) is 4.31. The number of thioether (sulfide) groups is 1. The van der Waals surface area contributed by atoms with Gasteiger partial charge in [0, 0.05) is 11.3 Å². The molecular weight excluding hydrogens is 356 g/mol. The van der Waals surface area contributed by atoms with Gasteiger partial charge in [0.25, 0.3) is 0 Å². The quantitative estimate of drug-likeness (QED) is 0.511. The molecule has 0 saturated heterocycles. The van der Waals surface area contributed by atoms with Crippen molar-refractivity contribution >= 4 is 23.4 Å². The van der Waals surface area contributed by atoms with Crippen molar-refractivity contribution in [1.29, 1.82) is 0 Å². The largest absolute Gasteiger partial charge is 0.337 e. The third kappa shape index (κ3) is 4.34. The molecule has 140 valence electrons. The average molecular weight is 381 g/mol. The van der Waals surface area contributed by atoms with Gasteiger partial charge in [-0.15, -0.1) is 0 Å². The molecule has 0 aliphatic rings. The van der Waals surface area contributed by atoms with E-state index in [1.165, 1.54) is 22.0 Å². The van der Waals surface area contributed by atoms with Crippen LogP contribution in [0.1, 0.15) is 23.6 Å². The van der Waals surface area contributed by atoms with E-state index in [0.717, 1.165) is 28.1 Å². The van der Waals surface area contributed by atoms with Gasteiger partial charge >= 0.3 is 0 Å². The van der Waals surface area contributed by atoms with Crippen LogP contribution < -0.4 is 11.2 Å². The third-order valence-corrected chi connectivity index (χ3v) is 5.43. The molecule has 2 aromatic carbocycles. The summed E-state index contributed by atoms with van der Waals surface area (Å²) < 4.78 is 1.47. The number of amides is 1. The van der Waals surface area contributed by atoms with E-state index >= 15 is 0 Å². The molecule has 0 unspecified atom stereocenters. The second kappa shape index (κ2) is 7.88. The van der Waals surface area contributed by atoms with E-state index in [9.17, 15) is 4.79 Å². The number of nitrogens with one attached hydrogen (secondary N) is 1. The minimum absolute atomic E-state index is 0.0701. The van der Waals surface area contributed by atoms with E-state index in [2.05, 4.69) is 29.4 Å². The normalized spacial score (nSPS) is 12.0. The summed E-state index contributed by atoms with van der Waals surface area (Å²) in [7, 11) is 0. The van der Waals surface area contributed by atoms with Crippen LogP contribution in [-0.4, -0.2) is 20.8 Å². The van der Waals surface area contributed by atoms with Crippen LogP contribution >= 0.6 is 11.8 Å². The van der Waals surface area contributed by atoms with Gasteiger partial charge in [0.2, 0.25) is 5.91 Å².